The van der Waals surface area contributed by atoms with Crippen molar-refractivity contribution in [2.45, 2.75) is 39.3 Å². The van der Waals surface area contributed by atoms with Crippen LogP contribution in [-0.4, -0.2) is 27.7 Å². The maximum atomic E-state index is 12.5. The molecule has 0 fully saturated rings. The molecule has 2 nitrogen and oxygen atoms in total. The molecule has 0 N–H and O–H groups in total. The Bertz CT molecular complexity index is 925. The van der Waals surface area contributed by atoms with E-state index < -0.39 is 16.1 Å². The Hall–Kier alpha value is -1.27. The molecule has 3 rings (SSSR count). The number of ketones is 2. The smallest absolute Gasteiger partial charge is 0.235 e. The van der Waals surface area contributed by atoms with Crippen molar-refractivity contribution in [3.8, 4) is 21.2 Å². The van der Waals surface area contributed by atoms with E-state index in [9.17, 15) is 9.59 Å². The molecule has 2 heterocycles. The van der Waals surface area contributed by atoms with E-state index in [0.29, 0.717) is 11.1 Å². The van der Waals surface area contributed by atoms with Gasteiger partial charge in [0.25, 0.3) is 0 Å². The van der Waals surface area contributed by atoms with Crippen LogP contribution in [0.15, 0.2) is 12.1 Å². The number of hydrogen-bond acceptors (Lipinski definition) is 4. The highest BCUT2D eigenvalue weighted by Gasteiger charge is 2.36. The number of hydrogen-bond donors (Lipinski definition) is 0. The largest absolute Gasteiger partial charge is 0.285 e. The second-order valence-corrected chi connectivity index (χ2v) is 20.4. The van der Waals surface area contributed by atoms with Crippen LogP contribution in [0.1, 0.15) is 25.6 Å². The molecule has 0 spiro atoms. The van der Waals surface area contributed by atoms with Gasteiger partial charge in [0.1, 0.15) is 8.07 Å². The monoisotopic (exact) mass is 388 g/mol. The molecule has 24 heavy (non-hydrogen) atoms. The summed E-state index contributed by atoms with van der Waals surface area (Å²) in [5, 5.41) is 0. The van der Waals surface area contributed by atoms with Crippen molar-refractivity contribution in [1.29, 1.82) is 0 Å². The number of thiophene rings is 2. The number of fused-ring (bicyclic) bond motifs is 3. The Morgan fingerprint density at radius 3 is 1.92 bits per heavy atom. The Morgan fingerprint density at radius 2 is 1.38 bits per heavy atom. The van der Waals surface area contributed by atoms with E-state index in [2.05, 4.69) is 50.7 Å². The van der Waals surface area contributed by atoms with Crippen LogP contribution >= 0.6 is 22.7 Å². The highest BCUT2D eigenvalue weighted by atomic mass is 32.1. The zero-order chi connectivity index (χ0) is 17.9. The number of carbonyl (C=O) groups excluding carboxylic acids is 2. The van der Waals surface area contributed by atoms with Crippen LogP contribution in [0.5, 0.6) is 0 Å². The van der Waals surface area contributed by atoms with Crippen LogP contribution in [0, 0.1) is 11.5 Å². The van der Waals surface area contributed by atoms with E-state index in [1.165, 1.54) is 4.50 Å². The van der Waals surface area contributed by atoms with Crippen LogP contribution in [0.4, 0.5) is 0 Å². The molecule has 1 aliphatic carbocycles. The van der Waals surface area contributed by atoms with Gasteiger partial charge in [-0.1, -0.05) is 45.2 Å². The van der Waals surface area contributed by atoms with Crippen molar-refractivity contribution in [3.63, 3.8) is 0 Å². The zero-order valence-corrected chi connectivity index (χ0v) is 18.4. The minimum atomic E-state index is -1.52. The van der Waals surface area contributed by atoms with Crippen LogP contribution in [0.3, 0.4) is 0 Å². The van der Waals surface area contributed by atoms with Gasteiger partial charge in [-0.05, 0) is 16.6 Å². The van der Waals surface area contributed by atoms with Crippen molar-refractivity contribution >= 4 is 54.9 Å². The SMILES string of the molecule is C[Si](C)(C)C#Cc1cc2c(s1)-c1sc([Si](C)(C)C)cc1C(=O)C2=O. The van der Waals surface area contributed by atoms with E-state index in [1.54, 1.807) is 22.7 Å². The maximum absolute atomic E-state index is 12.5. The fraction of sp³-hybridized carbons (Fsp3) is 0.333. The van der Waals surface area contributed by atoms with E-state index in [-0.39, 0.29) is 11.6 Å². The summed E-state index contributed by atoms with van der Waals surface area (Å²) in [5.74, 6) is 2.48. The minimum Gasteiger partial charge on any atom is -0.285 e. The Balaban J connectivity index is 2.16. The summed E-state index contributed by atoms with van der Waals surface area (Å²) in [4.78, 5) is 27.8. The molecule has 0 unspecified atom stereocenters. The molecule has 0 atom stereocenters. The van der Waals surface area contributed by atoms with Gasteiger partial charge in [0.15, 0.2) is 0 Å². The minimum absolute atomic E-state index is 0.360. The third kappa shape index (κ3) is 3.14. The molecule has 0 aliphatic heterocycles. The van der Waals surface area contributed by atoms with Gasteiger partial charge in [0, 0.05) is 11.1 Å². The van der Waals surface area contributed by atoms with Crippen molar-refractivity contribution in [2.75, 3.05) is 0 Å². The molecular weight excluding hydrogens is 369 g/mol. The number of Topliss-reactive ketones (excluding diaryl/α,β-unsaturated/α-hetero) is 2. The third-order valence-electron chi connectivity index (χ3n) is 3.67. The topological polar surface area (TPSA) is 34.1 Å². The lowest BCUT2D eigenvalue weighted by Crippen LogP contribution is -2.35. The summed E-state index contributed by atoms with van der Waals surface area (Å²) in [5.41, 5.74) is 4.48. The summed E-state index contributed by atoms with van der Waals surface area (Å²) < 4.78 is 1.27. The lowest BCUT2D eigenvalue weighted by Gasteiger charge is -2.12. The average molecular weight is 389 g/mol. The van der Waals surface area contributed by atoms with Gasteiger partial charge in [0.05, 0.1) is 22.7 Å². The van der Waals surface area contributed by atoms with Gasteiger partial charge in [0.2, 0.25) is 11.6 Å². The molecule has 6 heteroatoms. The molecule has 124 valence electrons. The van der Waals surface area contributed by atoms with Gasteiger partial charge in [-0.25, -0.2) is 0 Å². The Labute approximate surface area is 152 Å². The lowest BCUT2D eigenvalue weighted by molar-refractivity contribution is 0.0816. The second-order valence-electron chi connectivity index (χ2n) is 8.12. The molecule has 2 aromatic heterocycles. The van der Waals surface area contributed by atoms with Crippen molar-refractivity contribution < 1.29 is 9.59 Å². The fourth-order valence-corrected chi connectivity index (χ4v) is 7.16. The van der Waals surface area contributed by atoms with Crippen molar-refractivity contribution in [2.24, 2.45) is 0 Å². The van der Waals surface area contributed by atoms with Crippen LogP contribution < -0.4 is 4.50 Å². The predicted molar refractivity (Wildman–Crippen MR) is 109 cm³/mol. The highest BCUT2D eigenvalue weighted by molar-refractivity contribution is 7.31. The lowest BCUT2D eigenvalue weighted by atomic mass is 9.95. The van der Waals surface area contributed by atoms with Crippen molar-refractivity contribution in [1.82, 2.24) is 0 Å². The molecular formula is C18H20O2S2Si2. The summed E-state index contributed by atoms with van der Waals surface area (Å²) in [7, 11) is -2.99. The first-order chi connectivity index (χ1) is 11.0. The summed E-state index contributed by atoms with van der Waals surface area (Å²) in [6.45, 7) is 13.4. The number of rotatable bonds is 1. The highest BCUT2D eigenvalue weighted by Crippen LogP contribution is 2.42. The van der Waals surface area contributed by atoms with Crippen molar-refractivity contribution in [3.05, 3.63) is 28.1 Å². The Kier molecular flexibility index (Phi) is 4.12. The zero-order valence-electron chi connectivity index (χ0n) is 14.8. The number of carbonyl (C=O) groups is 2. The van der Waals surface area contributed by atoms with Gasteiger partial charge >= 0.3 is 0 Å². The summed E-state index contributed by atoms with van der Waals surface area (Å²) in [6.07, 6.45) is 0. The molecule has 0 bridgehead atoms. The fourth-order valence-electron chi connectivity index (χ4n) is 2.38. The van der Waals surface area contributed by atoms with E-state index in [1.807, 2.05) is 12.1 Å². The maximum Gasteiger partial charge on any atom is 0.235 e. The van der Waals surface area contributed by atoms with Gasteiger partial charge in [-0.3, -0.25) is 9.59 Å². The second kappa shape index (κ2) is 5.63. The van der Waals surface area contributed by atoms with E-state index >= 15 is 0 Å². The van der Waals surface area contributed by atoms with Gasteiger partial charge < -0.3 is 0 Å². The van der Waals surface area contributed by atoms with Crippen LogP contribution in [0.2, 0.25) is 39.3 Å². The molecule has 2 aromatic rings. The molecule has 0 radical (unpaired) electrons. The normalized spacial score (nSPS) is 14.1. The first-order valence-corrected chi connectivity index (χ1v) is 16.5. The van der Waals surface area contributed by atoms with E-state index in [0.717, 1.165) is 14.6 Å². The molecule has 0 amide bonds. The first-order valence-electron chi connectivity index (χ1n) is 7.88. The van der Waals surface area contributed by atoms with Crippen LogP contribution in [-0.2, 0) is 0 Å². The first kappa shape index (κ1) is 17.6. The van der Waals surface area contributed by atoms with Gasteiger partial charge in [-0.2, -0.15) is 0 Å². The molecule has 0 saturated heterocycles. The molecule has 1 aliphatic rings. The molecule has 0 aromatic carbocycles. The average Bonchev–Trinajstić information content (AvgIpc) is 3.05. The predicted octanol–water partition coefficient (Wildman–Crippen LogP) is 4.63. The quantitative estimate of drug-likeness (QED) is 0.405. The summed E-state index contributed by atoms with van der Waals surface area (Å²) in [6, 6.07) is 3.77. The molecule has 0 saturated carbocycles. The van der Waals surface area contributed by atoms with E-state index in [4.69, 9.17) is 0 Å². The standard InChI is InChI=1S/C18H20O2S2Si2/c1-23(2,3)8-7-11-9-12-15(19)16(20)13-10-14(24(4,5)6)22-18(13)17(12)21-11/h9-10H,1-6H3. The van der Waals surface area contributed by atoms with Crippen LogP contribution in [0.25, 0.3) is 9.75 Å². The Morgan fingerprint density at radius 1 is 0.833 bits per heavy atom. The third-order valence-corrected chi connectivity index (χ3v) is 10.5. The summed E-state index contributed by atoms with van der Waals surface area (Å²) >= 11 is 3.24. The van der Waals surface area contributed by atoms with Gasteiger partial charge in [-0.15, -0.1) is 28.2 Å².